The van der Waals surface area contributed by atoms with E-state index < -0.39 is 0 Å². The highest BCUT2D eigenvalue weighted by molar-refractivity contribution is 5.91. The zero-order valence-electron chi connectivity index (χ0n) is 16.1. The Morgan fingerprint density at radius 2 is 2.04 bits per heavy atom. The predicted molar refractivity (Wildman–Crippen MR) is 101 cm³/mol. The lowest BCUT2D eigenvalue weighted by Gasteiger charge is -2.18. The monoisotopic (exact) mass is 381 g/mol. The molecule has 0 N–H and O–H groups in total. The van der Waals surface area contributed by atoms with Gasteiger partial charge in [0.15, 0.2) is 5.76 Å². The van der Waals surface area contributed by atoms with Crippen LogP contribution in [0.1, 0.15) is 52.2 Å². The number of carbonyl (C=O) groups excluding carboxylic acids is 1. The molecule has 0 spiro atoms. The van der Waals surface area contributed by atoms with Gasteiger partial charge in [0, 0.05) is 6.54 Å². The lowest BCUT2D eigenvalue weighted by atomic mass is 10.1. The minimum atomic E-state index is -0.200. The highest BCUT2D eigenvalue weighted by atomic mass is 16.6. The SMILES string of the molecule is CCN(Cc1nonc1C)C(=O)c1ccc(COc2ccc3c(c2)CCC3)o1. The molecule has 0 fully saturated rings. The van der Waals surface area contributed by atoms with Crippen molar-refractivity contribution in [3.05, 3.63) is 64.4 Å². The molecule has 0 atom stereocenters. The first-order valence-electron chi connectivity index (χ1n) is 9.54. The maximum Gasteiger partial charge on any atom is 0.289 e. The van der Waals surface area contributed by atoms with Crippen molar-refractivity contribution in [2.45, 2.75) is 46.3 Å². The average Bonchev–Trinajstić information content (AvgIpc) is 3.44. The number of hydrogen-bond acceptors (Lipinski definition) is 6. The van der Waals surface area contributed by atoms with Gasteiger partial charge in [-0.25, -0.2) is 4.63 Å². The van der Waals surface area contributed by atoms with Gasteiger partial charge in [0.1, 0.15) is 29.5 Å². The van der Waals surface area contributed by atoms with Gasteiger partial charge in [-0.1, -0.05) is 16.4 Å². The van der Waals surface area contributed by atoms with E-state index in [1.165, 1.54) is 17.5 Å². The number of ether oxygens (including phenoxy) is 1. The first-order chi connectivity index (χ1) is 13.6. The molecule has 0 bridgehead atoms. The Morgan fingerprint density at radius 1 is 1.18 bits per heavy atom. The Labute approximate surface area is 163 Å². The van der Waals surface area contributed by atoms with Crippen LogP contribution in [0.2, 0.25) is 0 Å². The lowest BCUT2D eigenvalue weighted by Crippen LogP contribution is -2.30. The van der Waals surface area contributed by atoms with Crippen LogP contribution in [-0.4, -0.2) is 27.7 Å². The third-order valence-corrected chi connectivity index (χ3v) is 5.08. The Kier molecular flexibility index (Phi) is 5.14. The van der Waals surface area contributed by atoms with Gasteiger partial charge >= 0.3 is 0 Å². The third kappa shape index (κ3) is 3.78. The number of nitrogens with zero attached hydrogens (tertiary/aromatic N) is 3. The maximum atomic E-state index is 12.7. The molecular weight excluding hydrogens is 358 g/mol. The summed E-state index contributed by atoms with van der Waals surface area (Å²) in [7, 11) is 0. The van der Waals surface area contributed by atoms with Crippen LogP contribution in [0.5, 0.6) is 5.75 Å². The molecule has 1 aromatic carbocycles. The van der Waals surface area contributed by atoms with Crippen molar-refractivity contribution in [2.75, 3.05) is 6.54 Å². The van der Waals surface area contributed by atoms with E-state index >= 15 is 0 Å². The average molecular weight is 381 g/mol. The van der Waals surface area contributed by atoms with Crippen molar-refractivity contribution in [3.8, 4) is 5.75 Å². The van der Waals surface area contributed by atoms with Gasteiger partial charge in [0.2, 0.25) is 0 Å². The molecule has 1 amide bonds. The summed E-state index contributed by atoms with van der Waals surface area (Å²) >= 11 is 0. The largest absolute Gasteiger partial charge is 0.486 e. The molecule has 0 radical (unpaired) electrons. The van der Waals surface area contributed by atoms with Crippen LogP contribution in [-0.2, 0) is 26.0 Å². The molecule has 0 saturated heterocycles. The number of benzene rings is 1. The summed E-state index contributed by atoms with van der Waals surface area (Å²) in [5, 5.41) is 7.59. The fourth-order valence-electron chi connectivity index (χ4n) is 3.42. The van der Waals surface area contributed by atoms with Gasteiger partial charge in [-0.15, -0.1) is 0 Å². The van der Waals surface area contributed by atoms with Gasteiger partial charge in [0.25, 0.3) is 5.91 Å². The Hall–Kier alpha value is -3.09. The Bertz CT molecular complexity index is 976. The molecule has 146 valence electrons. The van der Waals surface area contributed by atoms with Crippen LogP contribution >= 0.6 is 0 Å². The summed E-state index contributed by atoms with van der Waals surface area (Å²) < 4.78 is 16.3. The summed E-state index contributed by atoms with van der Waals surface area (Å²) in [6.07, 6.45) is 3.47. The van der Waals surface area contributed by atoms with Gasteiger partial charge in [-0.3, -0.25) is 4.79 Å². The van der Waals surface area contributed by atoms with Gasteiger partial charge in [-0.05, 0) is 68.5 Å². The van der Waals surface area contributed by atoms with Crippen LogP contribution in [0, 0.1) is 6.92 Å². The molecule has 7 nitrogen and oxygen atoms in total. The lowest BCUT2D eigenvalue weighted by molar-refractivity contribution is 0.0712. The molecule has 1 aliphatic carbocycles. The van der Waals surface area contributed by atoms with Crippen LogP contribution in [0.15, 0.2) is 39.4 Å². The smallest absolute Gasteiger partial charge is 0.289 e. The standard InChI is InChI=1S/C21H23N3O4/c1-3-24(12-19-14(2)22-28-23-19)21(25)20-10-9-18(27-20)13-26-17-8-7-15-5-4-6-16(15)11-17/h7-11H,3-6,12-13H2,1-2H3. The summed E-state index contributed by atoms with van der Waals surface area (Å²) in [6, 6.07) is 9.68. The number of carbonyl (C=O) groups is 1. The van der Waals surface area contributed by atoms with Crippen LogP contribution < -0.4 is 4.74 Å². The van der Waals surface area contributed by atoms with Crippen LogP contribution in [0.25, 0.3) is 0 Å². The molecule has 0 unspecified atom stereocenters. The van der Waals surface area contributed by atoms with E-state index in [0.717, 1.165) is 18.6 Å². The second-order valence-corrected chi connectivity index (χ2v) is 6.95. The van der Waals surface area contributed by atoms with Crippen LogP contribution in [0.3, 0.4) is 0 Å². The number of rotatable bonds is 7. The van der Waals surface area contributed by atoms with E-state index in [9.17, 15) is 4.79 Å². The molecule has 7 heteroatoms. The Balaban J connectivity index is 1.39. The quantitative estimate of drug-likeness (QED) is 0.621. The molecule has 0 aliphatic heterocycles. The van der Waals surface area contributed by atoms with E-state index in [2.05, 4.69) is 22.4 Å². The Morgan fingerprint density at radius 3 is 2.82 bits per heavy atom. The van der Waals surface area contributed by atoms with Crippen molar-refractivity contribution in [3.63, 3.8) is 0 Å². The predicted octanol–water partition coefficient (Wildman–Crippen LogP) is 3.70. The van der Waals surface area contributed by atoms with Gasteiger partial charge < -0.3 is 14.1 Å². The molecule has 4 rings (SSSR count). The summed E-state index contributed by atoms with van der Waals surface area (Å²) in [5.41, 5.74) is 4.09. The summed E-state index contributed by atoms with van der Waals surface area (Å²) in [5.74, 6) is 1.52. The third-order valence-electron chi connectivity index (χ3n) is 5.08. The number of furan rings is 1. The second kappa shape index (κ2) is 7.88. The van der Waals surface area contributed by atoms with E-state index in [-0.39, 0.29) is 18.3 Å². The number of aromatic nitrogens is 2. The maximum absolute atomic E-state index is 12.7. The van der Waals surface area contributed by atoms with E-state index in [1.54, 1.807) is 24.0 Å². The zero-order valence-corrected chi connectivity index (χ0v) is 16.1. The topological polar surface area (TPSA) is 81.6 Å². The van der Waals surface area contributed by atoms with Crippen LogP contribution in [0.4, 0.5) is 0 Å². The fourth-order valence-corrected chi connectivity index (χ4v) is 3.42. The van der Waals surface area contributed by atoms with E-state index in [4.69, 9.17) is 13.8 Å². The molecule has 28 heavy (non-hydrogen) atoms. The van der Waals surface area contributed by atoms with E-state index in [0.29, 0.717) is 30.2 Å². The molecule has 1 aliphatic rings. The van der Waals surface area contributed by atoms with Crippen molar-refractivity contribution < 1.29 is 18.6 Å². The van der Waals surface area contributed by atoms with Crippen molar-refractivity contribution in [2.24, 2.45) is 0 Å². The molecule has 3 aromatic rings. The van der Waals surface area contributed by atoms with Gasteiger partial charge in [-0.2, -0.15) is 0 Å². The summed E-state index contributed by atoms with van der Waals surface area (Å²) in [4.78, 5) is 14.4. The highest BCUT2D eigenvalue weighted by Gasteiger charge is 2.21. The molecule has 2 heterocycles. The van der Waals surface area contributed by atoms with Crippen molar-refractivity contribution >= 4 is 5.91 Å². The number of fused-ring (bicyclic) bond motifs is 1. The minimum Gasteiger partial charge on any atom is -0.486 e. The number of hydrogen-bond donors (Lipinski definition) is 0. The molecular formula is C21H23N3O4. The number of amides is 1. The second-order valence-electron chi connectivity index (χ2n) is 6.95. The first kappa shape index (κ1) is 18.3. The minimum absolute atomic E-state index is 0.200. The normalized spacial score (nSPS) is 12.8. The van der Waals surface area contributed by atoms with Gasteiger partial charge in [0.05, 0.1) is 6.54 Å². The summed E-state index contributed by atoms with van der Waals surface area (Å²) in [6.45, 7) is 4.83. The number of aryl methyl sites for hydroxylation is 3. The zero-order chi connectivity index (χ0) is 19.5. The van der Waals surface area contributed by atoms with Crippen molar-refractivity contribution in [1.29, 1.82) is 0 Å². The highest BCUT2D eigenvalue weighted by Crippen LogP contribution is 2.26. The fraction of sp³-hybridized carbons (Fsp3) is 0.381. The molecule has 2 aromatic heterocycles. The molecule has 0 saturated carbocycles. The first-order valence-corrected chi connectivity index (χ1v) is 9.54. The van der Waals surface area contributed by atoms with Crippen molar-refractivity contribution in [1.82, 2.24) is 15.2 Å². The van der Waals surface area contributed by atoms with E-state index in [1.807, 2.05) is 13.0 Å².